The molecule has 0 spiro atoms. The number of carbonyl (C=O) groups excluding carboxylic acids is 2. The van der Waals surface area contributed by atoms with Gasteiger partial charge < -0.3 is 14.8 Å². The van der Waals surface area contributed by atoms with E-state index in [4.69, 9.17) is 10.0 Å². The summed E-state index contributed by atoms with van der Waals surface area (Å²) in [6.45, 7) is 0. The van der Waals surface area contributed by atoms with Crippen LogP contribution in [0.1, 0.15) is 29.4 Å². The van der Waals surface area contributed by atoms with Gasteiger partial charge >= 0.3 is 13.1 Å². The average molecular weight is 252 g/mol. The van der Waals surface area contributed by atoms with Crippen molar-refractivity contribution in [2.75, 3.05) is 7.11 Å². The normalized spacial score (nSPS) is 22.2. The minimum atomic E-state index is -1.73. The predicted molar refractivity (Wildman–Crippen MR) is 61.2 cm³/mol. The van der Waals surface area contributed by atoms with Crippen molar-refractivity contribution in [3.8, 4) is 0 Å². The van der Waals surface area contributed by atoms with Crippen LogP contribution in [0.3, 0.4) is 0 Å². The van der Waals surface area contributed by atoms with E-state index in [1.165, 1.54) is 18.0 Å². The Hall–Kier alpha value is -1.67. The number of nitrogens with zero attached hydrogens (tertiary/aromatic N) is 2. The number of carbonyl (C=O) groups is 2. The Labute approximate surface area is 104 Å². The maximum absolute atomic E-state index is 11.2. The van der Waals surface area contributed by atoms with Gasteiger partial charge in [-0.15, -0.1) is 0 Å². The van der Waals surface area contributed by atoms with Gasteiger partial charge in [-0.3, -0.25) is 14.3 Å². The molecule has 1 aliphatic carbocycles. The van der Waals surface area contributed by atoms with Gasteiger partial charge in [0.2, 0.25) is 0 Å². The van der Waals surface area contributed by atoms with E-state index in [1.54, 1.807) is 0 Å². The van der Waals surface area contributed by atoms with Gasteiger partial charge in [-0.2, -0.15) is 5.10 Å². The van der Waals surface area contributed by atoms with Crippen LogP contribution in [0.2, 0.25) is 0 Å². The van der Waals surface area contributed by atoms with Crippen LogP contribution in [0.5, 0.6) is 0 Å². The van der Waals surface area contributed by atoms with E-state index in [9.17, 15) is 9.59 Å². The summed E-state index contributed by atoms with van der Waals surface area (Å²) in [7, 11) is -0.385. The molecule has 0 saturated heterocycles. The van der Waals surface area contributed by atoms with E-state index in [1.807, 2.05) is 0 Å². The molecular weight excluding hydrogens is 239 g/mol. The van der Waals surface area contributed by atoms with Gasteiger partial charge in [0.25, 0.3) is 0 Å². The standard InChI is InChI=1S/C10H13BN2O5/c1-18-10(15)6-2-7(3-6)13-4-8(11(16)17)9(5-14)12-13/h4-7,16-17H,2-3H2,1H3. The molecule has 1 saturated carbocycles. The largest absolute Gasteiger partial charge is 0.492 e. The quantitative estimate of drug-likeness (QED) is 0.384. The molecule has 0 radical (unpaired) electrons. The molecule has 1 fully saturated rings. The predicted octanol–water partition coefficient (Wildman–Crippen LogP) is -1.50. The Kier molecular flexibility index (Phi) is 3.49. The Morgan fingerprint density at radius 1 is 1.61 bits per heavy atom. The highest BCUT2D eigenvalue weighted by Crippen LogP contribution is 2.37. The SMILES string of the molecule is COC(=O)C1CC(n2cc(B(O)O)c(C=O)n2)C1. The Morgan fingerprint density at radius 3 is 2.72 bits per heavy atom. The second-order valence-corrected chi connectivity index (χ2v) is 4.29. The third-order valence-corrected chi connectivity index (χ3v) is 3.20. The first kappa shape index (κ1) is 12.8. The number of aromatic nitrogens is 2. The number of methoxy groups -OCH3 is 1. The zero-order valence-corrected chi connectivity index (χ0v) is 9.81. The second-order valence-electron chi connectivity index (χ2n) is 4.29. The highest BCUT2D eigenvalue weighted by Gasteiger charge is 2.37. The van der Waals surface area contributed by atoms with E-state index in [-0.39, 0.29) is 29.1 Å². The molecule has 0 atom stereocenters. The molecule has 1 aromatic heterocycles. The molecule has 0 aliphatic heterocycles. The van der Waals surface area contributed by atoms with Gasteiger partial charge in [-0.05, 0) is 12.8 Å². The summed E-state index contributed by atoms with van der Waals surface area (Å²) in [4.78, 5) is 21.9. The van der Waals surface area contributed by atoms with Gasteiger partial charge in [0.15, 0.2) is 6.29 Å². The molecule has 1 aliphatic rings. The van der Waals surface area contributed by atoms with Crippen LogP contribution in [-0.4, -0.2) is 46.3 Å². The van der Waals surface area contributed by atoms with Crippen molar-refractivity contribution in [1.29, 1.82) is 0 Å². The first-order valence-electron chi connectivity index (χ1n) is 5.55. The van der Waals surface area contributed by atoms with Gasteiger partial charge in [0.1, 0.15) is 5.69 Å². The number of rotatable bonds is 4. The minimum Gasteiger partial charge on any atom is -0.469 e. The zero-order valence-electron chi connectivity index (χ0n) is 9.81. The first-order chi connectivity index (χ1) is 8.56. The number of aldehydes is 1. The fourth-order valence-electron chi connectivity index (χ4n) is 2.06. The lowest BCUT2D eigenvalue weighted by atomic mass is 9.79. The lowest BCUT2D eigenvalue weighted by Crippen LogP contribution is -2.34. The molecule has 1 aromatic rings. The summed E-state index contributed by atoms with van der Waals surface area (Å²) in [6.07, 6.45) is 3.05. The number of ether oxygens (including phenoxy) is 1. The third kappa shape index (κ3) is 2.16. The molecule has 2 N–H and O–H groups in total. The molecule has 7 nitrogen and oxygen atoms in total. The second kappa shape index (κ2) is 4.91. The minimum absolute atomic E-state index is 0.00604. The molecule has 2 rings (SSSR count). The van der Waals surface area contributed by atoms with E-state index in [0.29, 0.717) is 19.1 Å². The van der Waals surface area contributed by atoms with Crippen molar-refractivity contribution in [2.45, 2.75) is 18.9 Å². The van der Waals surface area contributed by atoms with Crippen molar-refractivity contribution in [2.24, 2.45) is 5.92 Å². The molecule has 0 bridgehead atoms. The molecule has 0 unspecified atom stereocenters. The van der Waals surface area contributed by atoms with E-state index in [0.717, 1.165) is 0 Å². The highest BCUT2D eigenvalue weighted by atomic mass is 16.5. The Bertz CT molecular complexity index is 467. The van der Waals surface area contributed by atoms with Crippen LogP contribution in [0.25, 0.3) is 0 Å². The zero-order chi connectivity index (χ0) is 13.3. The van der Waals surface area contributed by atoms with Gasteiger partial charge in [0, 0.05) is 11.7 Å². The van der Waals surface area contributed by atoms with Gasteiger partial charge in [0.05, 0.1) is 19.1 Å². The van der Waals surface area contributed by atoms with Crippen LogP contribution in [-0.2, 0) is 9.53 Å². The summed E-state index contributed by atoms with van der Waals surface area (Å²) in [5.74, 6) is -0.400. The lowest BCUT2D eigenvalue weighted by molar-refractivity contribution is -0.149. The van der Waals surface area contributed by atoms with Crippen LogP contribution in [0.4, 0.5) is 0 Å². The summed E-state index contributed by atoms with van der Waals surface area (Å²) in [6, 6.07) is -0.0136. The fourth-order valence-corrected chi connectivity index (χ4v) is 2.06. The summed E-state index contributed by atoms with van der Waals surface area (Å²) < 4.78 is 6.12. The van der Waals surface area contributed by atoms with Gasteiger partial charge in [-0.1, -0.05) is 0 Å². The van der Waals surface area contributed by atoms with Crippen molar-refractivity contribution in [1.82, 2.24) is 9.78 Å². The van der Waals surface area contributed by atoms with E-state index >= 15 is 0 Å². The third-order valence-electron chi connectivity index (χ3n) is 3.20. The molecule has 0 amide bonds. The number of hydrogen-bond donors (Lipinski definition) is 2. The van der Waals surface area contributed by atoms with Crippen LogP contribution < -0.4 is 5.46 Å². The van der Waals surface area contributed by atoms with E-state index in [2.05, 4.69) is 9.84 Å². The highest BCUT2D eigenvalue weighted by molar-refractivity contribution is 6.59. The average Bonchev–Trinajstić information content (AvgIpc) is 2.70. The number of esters is 1. The maximum Gasteiger partial charge on any atom is 0.492 e. The molecule has 1 heterocycles. The molecule has 8 heteroatoms. The van der Waals surface area contributed by atoms with Gasteiger partial charge in [-0.25, -0.2) is 0 Å². The first-order valence-corrected chi connectivity index (χ1v) is 5.55. The lowest BCUT2D eigenvalue weighted by Gasteiger charge is -2.33. The molecular formula is C10H13BN2O5. The maximum atomic E-state index is 11.2. The monoisotopic (exact) mass is 252 g/mol. The molecule has 0 aromatic carbocycles. The van der Waals surface area contributed by atoms with Crippen LogP contribution in [0, 0.1) is 5.92 Å². The van der Waals surface area contributed by atoms with Crippen LogP contribution in [0.15, 0.2) is 6.20 Å². The van der Waals surface area contributed by atoms with Crippen LogP contribution >= 0.6 is 0 Å². The van der Waals surface area contributed by atoms with Crippen molar-refractivity contribution in [3.05, 3.63) is 11.9 Å². The number of hydrogen-bond acceptors (Lipinski definition) is 6. The van der Waals surface area contributed by atoms with Crippen molar-refractivity contribution >= 4 is 24.8 Å². The molecule has 96 valence electrons. The summed E-state index contributed by atoms with van der Waals surface area (Å²) in [5, 5.41) is 22.1. The topological polar surface area (TPSA) is 102 Å². The van der Waals surface area contributed by atoms with E-state index < -0.39 is 7.12 Å². The summed E-state index contributed by atoms with van der Waals surface area (Å²) >= 11 is 0. The Balaban J connectivity index is 2.08. The van der Waals surface area contributed by atoms with Crippen molar-refractivity contribution in [3.63, 3.8) is 0 Å². The molecule has 18 heavy (non-hydrogen) atoms. The smallest absolute Gasteiger partial charge is 0.469 e. The van der Waals surface area contributed by atoms with Crippen molar-refractivity contribution < 1.29 is 24.4 Å². The Morgan fingerprint density at radius 2 is 2.28 bits per heavy atom. The fraction of sp³-hybridized carbons (Fsp3) is 0.500. The summed E-state index contributed by atoms with van der Waals surface area (Å²) in [5.41, 5.74) is 0.0815.